The van der Waals surface area contributed by atoms with E-state index in [1.807, 2.05) is 0 Å². The number of carbonyl (C=O) groups is 4. The molecular formula is C30H20Cl2N4O6. The first-order chi connectivity index (χ1) is 20.4. The van der Waals surface area contributed by atoms with E-state index >= 15 is 0 Å². The summed E-state index contributed by atoms with van der Waals surface area (Å²) < 4.78 is 11.6. The number of benzene rings is 2. The summed E-state index contributed by atoms with van der Waals surface area (Å²) in [6.07, 6.45) is 2.95. The van der Waals surface area contributed by atoms with Gasteiger partial charge in [-0.05, 0) is 60.7 Å². The summed E-state index contributed by atoms with van der Waals surface area (Å²) in [5.74, 6) is -3.00. The average Bonchev–Trinajstić information content (AvgIpc) is 3.79. The van der Waals surface area contributed by atoms with Crippen molar-refractivity contribution in [3.63, 3.8) is 0 Å². The number of imide groups is 2. The summed E-state index contributed by atoms with van der Waals surface area (Å²) in [5.41, 5.74) is 0.676. The van der Waals surface area contributed by atoms with E-state index < -0.39 is 59.6 Å². The van der Waals surface area contributed by atoms with Crippen molar-refractivity contribution in [2.75, 3.05) is 9.80 Å². The Hall–Kier alpha value is -4.22. The van der Waals surface area contributed by atoms with E-state index in [0.717, 1.165) is 9.80 Å². The van der Waals surface area contributed by atoms with Crippen LogP contribution in [0.5, 0.6) is 0 Å². The minimum Gasteiger partial charge on any atom is -0.468 e. The highest BCUT2D eigenvalue weighted by Crippen LogP contribution is 2.59. The Balaban J connectivity index is 1.31. The van der Waals surface area contributed by atoms with Gasteiger partial charge in [-0.15, -0.1) is 0 Å². The molecule has 2 aromatic carbocycles. The third-order valence-corrected chi connectivity index (χ3v) is 9.00. The number of amides is 4. The van der Waals surface area contributed by atoms with Crippen LogP contribution in [0.15, 0.2) is 94.2 Å². The second-order valence-electron chi connectivity index (χ2n) is 10.6. The van der Waals surface area contributed by atoms with Gasteiger partial charge in [0.1, 0.15) is 23.6 Å². The molecule has 0 aliphatic carbocycles. The predicted octanol–water partition coefficient (Wildman–Crippen LogP) is 4.62. The Bertz CT molecular complexity index is 1650. The summed E-state index contributed by atoms with van der Waals surface area (Å²) in [6, 6.07) is 16.0. The highest BCUT2D eigenvalue weighted by Gasteiger charge is 2.74. The van der Waals surface area contributed by atoms with E-state index in [1.54, 1.807) is 82.8 Å². The molecule has 4 aliphatic rings. The van der Waals surface area contributed by atoms with Crippen molar-refractivity contribution in [1.29, 1.82) is 0 Å². The van der Waals surface area contributed by atoms with Gasteiger partial charge in [0.2, 0.25) is 11.8 Å². The van der Waals surface area contributed by atoms with Gasteiger partial charge in [-0.1, -0.05) is 35.3 Å². The average molecular weight is 603 g/mol. The van der Waals surface area contributed by atoms with Crippen LogP contribution in [-0.2, 0) is 19.2 Å². The molecule has 2 aromatic heterocycles. The van der Waals surface area contributed by atoms with E-state index in [9.17, 15) is 19.2 Å². The van der Waals surface area contributed by atoms with Crippen molar-refractivity contribution in [3.05, 3.63) is 107 Å². The molecule has 0 bridgehead atoms. The van der Waals surface area contributed by atoms with Crippen LogP contribution >= 0.6 is 23.2 Å². The molecule has 0 radical (unpaired) electrons. The van der Waals surface area contributed by atoms with E-state index in [2.05, 4.69) is 0 Å². The molecule has 8 rings (SSSR count). The number of halogens is 2. The van der Waals surface area contributed by atoms with Gasteiger partial charge in [-0.3, -0.25) is 19.2 Å². The zero-order valence-electron chi connectivity index (χ0n) is 21.5. The highest BCUT2D eigenvalue weighted by molar-refractivity contribution is 6.32. The SMILES string of the molecule is O=C1[C@H]2[C@@H](C(=O)N1c1cccc(Cl)c1)N1[C@H](c3ccco3)[C@H]3C(=O)N(c4cccc(Cl)c4)C(=O)[C@H]3N1[C@@H]2c1ccco1. The molecule has 12 heteroatoms. The number of hydrogen-bond donors (Lipinski definition) is 0. The lowest BCUT2D eigenvalue weighted by Crippen LogP contribution is -2.50. The molecule has 0 unspecified atom stereocenters. The molecule has 4 saturated heterocycles. The number of hydrazine groups is 1. The first-order valence-corrected chi connectivity index (χ1v) is 14.0. The lowest BCUT2D eigenvalue weighted by atomic mass is 9.87. The molecule has 0 spiro atoms. The number of nitrogens with zero attached hydrogens (tertiary/aromatic N) is 4. The topological polar surface area (TPSA) is 108 Å². The fourth-order valence-electron chi connectivity index (χ4n) is 7.05. The largest absolute Gasteiger partial charge is 0.468 e. The molecule has 210 valence electrons. The number of hydrogen-bond acceptors (Lipinski definition) is 8. The minimum atomic E-state index is -1.03. The van der Waals surface area contributed by atoms with Crippen molar-refractivity contribution >= 4 is 58.2 Å². The molecule has 4 amide bonds. The first-order valence-electron chi connectivity index (χ1n) is 13.3. The first kappa shape index (κ1) is 25.5. The Morgan fingerprint density at radius 1 is 0.524 bits per heavy atom. The molecule has 4 aliphatic heterocycles. The molecule has 4 aromatic rings. The van der Waals surface area contributed by atoms with Crippen LogP contribution in [-0.4, -0.2) is 45.7 Å². The quantitative estimate of drug-likeness (QED) is 0.311. The Kier molecular flexibility index (Phi) is 5.55. The van der Waals surface area contributed by atoms with Gasteiger partial charge in [0, 0.05) is 10.0 Å². The van der Waals surface area contributed by atoms with Crippen molar-refractivity contribution < 1.29 is 28.0 Å². The molecule has 42 heavy (non-hydrogen) atoms. The van der Waals surface area contributed by atoms with Gasteiger partial charge in [0.05, 0.1) is 47.8 Å². The second kappa shape index (κ2) is 9.14. The molecule has 0 N–H and O–H groups in total. The van der Waals surface area contributed by atoms with E-state index in [1.165, 1.54) is 12.5 Å². The fourth-order valence-corrected chi connectivity index (χ4v) is 7.42. The maximum absolute atomic E-state index is 14.2. The Morgan fingerprint density at radius 3 is 1.31 bits per heavy atom. The molecular weight excluding hydrogens is 583 g/mol. The van der Waals surface area contributed by atoms with Gasteiger partial charge >= 0.3 is 0 Å². The van der Waals surface area contributed by atoms with Crippen LogP contribution in [0.4, 0.5) is 11.4 Å². The number of anilines is 2. The van der Waals surface area contributed by atoms with Crippen LogP contribution in [0.1, 0.15) is 23.6 Å². The summed E-state index contributed by atoms with van der Waals surface area (Å²) in [7, 11) is 0. The smallest absolute Gasteiger partial charge is 0.253 e. The van der Waals surface area contributed by atoms with Crippen LogP contribution in [0, 0.1) is 11.8 Å². The zero-order chi connectivity index (χ0) is 28.9. The normalized spacial score (nSPS) is 29.1. The molecule has 4 fully saturated rings. The maximum Gasteiger partial charge on any atom is 0.253 e. The lowest BCUT2D eigenvalue weighted by Gasteiger charge is -2.34. The molecule has 0 saturated carbocycles. The van der Waals surface area contributed by atoms with Crippen LogP contribution in [0.2, 0.25) is 10.0 Å². The molecule has 10 nitrogen and oxygen atoms in total. The van der Waals surface area contributed by atoms with Crippen molar-refractivity contribution in [3.8, 4) is 0 Å². The van der Waals surface area contributed by atoms with Crippen molar-refractivity contribution in [2.24, 2.45) is 11.8 Å². The van der Waals surface area contributed by atoms with Crippen LogP contribution < -0.4 is 9.80 Å². The van der Waals surface area contributed by atoms with Crippen LogP contribution in [0.3, 0.4) is 0 Å². The maximum atomic E-state index is 14.2. The summed E-state index contributed by atoms with van der Waals surface area (Å²) in [4.78, 5) is 59.0. The Labute approximate surface area is 248 Å². The number of carbonyl (C=O) groups excluding carboxylic acids is 4. The summed E-state index contributed by atoms with van der Waals surface area (Å²) in [6.45, 7) is 0. The summed E-state index contributed by atoms with van der Waals surface area (Å²) in [5, 5.41) is 4.13. The molecule has 6 atom stereocenters. The summed E-state index contributed by atoms with van der Waals surface area (Å²) >= 11 is 12.4. The zero-order valence-corrected chi connectivity index (χ0v) is 23.1. The minimum absolute atomic E-state index is 0.338. The van der Waals surface area contributed by atoms with Gasteiger partial charge in [-0.25, -0.2) is 19.8 Å². The number of fused-ring (bicyclic) bond motifs is 5. The molecule has 6 heterocycles. The van der Waals surface area contributed by atoms with Crippen molar-refractivity contribution in [2.45, 2.75) is 24.2 Å². The van der Waals surface area contributed by atoms with E-state index in [0.29, 0.717) is 32.9 Å². The van der Waals surface area contributed by atoms with Crippen molar-refractivity contribution in [1.82, 2.24) is 10.0 Å². The number of rotatable bonds is 4. The fraction of sp³-hybridized carbons (Fsp3) is 0.200. The third kappa shape index (κ3) is 3.34. The highest BCUT2D eigenvalue weighted by atomic mass is 35.5. The standard InChI is InChI=1S/C30H20Cl2N4O6/c31-15-5-1-7-17(13-15)33-27(37)21-23(19-9-3-11-41-19)36-26-22(24(20-10-4-12-42-20)35(36)25(21)29(33)39)28(38)34(30(26)40)18-8-2-6-16(32)14-18/h1-14,21-26H/t21-,22-,23-,24-,25+,26+/m1/s1. The predicted molar refractivity (Wildman–Crippen MR) is 149 cm³/mol. The van der Waals surface area contributed by atoms with Gasteiger partial charge in [0.15, 0.2) is 0 Å². The third-order valence-electron chi connectivity index (χ3n) is 8.53. The van der Waals surface area contributed by atoms with Gasteiger partial charge < -0.3 is 8.83 Å². The second-order valence-corrected chi connectivity index (χ2v) is 11.5. The van der Waals surface area contributed by atoms with E-state index in [4.69, 9.17) is 32.0 Å². The lowest BCUT2D eigenvalue weighted by molar-refractivity contribution is -0.136. The van der Waals surface area contributed by atoms with E-state index in [-0.39, 0.29) is 0 Å². The number of furan rings is 2. The van der Waals surface area contributed by atoms with Gasteiger partial charge in [-0.2, -0.15) is 0 Å². The Morgan fingerprint density at radius 2 is 0.952 bits per heavy atom. The monoisotopic (exact) mass is 602 g/mol. The van der Waals surface area contributed by atoms with Gasteiger partial charge in [0.25, 0.3) is 11.8 Å². The van der Waals surface area contributed by atoms with Crippen LogP contribution in [0.25, 0.3) is 0 Å².